The highest BCUT2D eigenvalue weighted by Gasteiger charge is 2.19. The lowest BCUT2D eigenvalue weighted by atomic mass is 10.1. The fourth-order valence-electron chi connectivity index (χ4n) is 1.01. The zero-order valence-corrected chi connectivity index (χ0v) is 6.88. The van der Waals surface area contributed by atoms with Crippen LogP contribution in [0.5, 0.6) is 0 Å². The van der Waals surface area contributed by atoms with Gasteiger partial charge in [-0.15, -0.1) is 0 Å². The zero-order valence-electron chi connectivity index (χ0n) is 6.88. The molecule has 1 heterocycles. The number of halogens is 3. The van der Waals surface area contributed by atoms with Crippen LogP contribution in [0.1, 0.15) is 17.6 Å². The van der Waals surface area contributed by atoms with Crippen molar-refractivity contribution in [1.29, 1.82) is 0 Å². The van der Waals surface area contributed by atoms with Gasteiger partial charge in [-0.1, -0.05) is 0 Å². The number of aromatic nitrogens is 1. The predicted octanol–water partition coefficient (Wildman–Crippen LogP) is 1.79. The maximum Gasteiger partial charge on any atom is 0.308 e. The maximum atomic E-state index is 12.9. The largest absolute Gasteiger partial charge is 0.481 e. The van der Waals surface area contributed by atoms with Gasteiger partial charge in [0.15, 0.2) is 0 Å². The van der Waals surface area contributed by atoms with Crippen LogP contribution in [-0.2, 0) is 11.2 Å². The summed E-state index contributed by atoms with van der Waals surface area (Å²) in [5, 5.41) is 8.36. The van der Waals surface area contributed by atoms with Crippen molar-refractivity contribution in [2.45, 2.75) is 12.8 Å². The van der Waals surface area contributed by atoms with E-state index in [0.29, 0.717) is 0 Å². The molecule has 0 saturated heterocycles. The molecule has 1 aromatic heterocycles. The second kappa shape index (κ2) is 4.08. The molecule has 0 aromatic carbocycles. The first-order valence-corrected chi connectivity index (χ1v) is 3.65. The molecule has 0 aliphatic rings. The Bertz CT molecular complexity index is 354. The Morgan fingerprint density at radius 2 is 2.21 bits per heavy atom. The summed E-state index contributed by atoms with van der Waals surface area (Å²) in [5.41, 5.74) is -1.19. The highest BCUT2D eigenvalue weighted by atomic mass is 19.3. The van der Waals surface area contributed by atoms with E-state index in [9.17, 15) is 18.0 Å². The molecule has 0 unspecified atom stereocenters. The molecule has 14 heavy (non-hydrogen) atoms. The monoisotopic (exact) mass is 205 g/mol. The summed E-state index contributed by atoms with van der Waals surface area (Å²) < 4.78 is 37.4. The molecule has 0 amide bonds. The quantitative estimate of drug-likeness (QED) is 0.765. The summed E-state index contributed by atoms with van der Waals surface area (Å²) in [4.78, 5) is 13.4. The predicted molar refractivity (Wildman–Crippen MR) is 40.5 cm³/mol. The third-order valence-corrected chi connectivity index (χ3v) is 1.60. The molecule has 0 saturated carbocycles. The molecule has 0 fully saturated rings. The van der Waals surface area contributed by atoms with Crippen LogP contribution in [0.15, 0.2) is 12.3 Å². The van der Waals surface area contributed by atoms with Gasteiger partial charge in [-0.2, -0.15) is 4.39 Å². The lowest BCUT2D eigenvalue weighted by Gasteiger charge is -2.06. The third kappa shape index (κ3) is 2.21. The number of alkyl halides is 2. The number of aliphatic carboxylic acids is 1. The van der Waals surface area contributed by atoms with Crippen LogP contribution in [-0.4, -0.2) is 16.1 Å². The van der Waals surface area contributed by atoms with Gasteiger partial charge in [0.2, 0.25) is 5.95 Å². The molecule has 6 heteroatoms. The normalized spacial score (nSPS) is 10.6. The van der Waals surface area contributed by atoms with Crippen LogP contribution in [0.4, 0.5) is 13.2 Å². The van der Waals surface area contributed by atoms with Gasteiger partial charge in [0.1, 0.15) is 0 Å². The molecule has 76 valence electrons. The minimum atomic E-state index is -2.90. The molecule has 0 atom stereocenters. The topological polar surface area (TPSA) is 50.2 Å². The SMILES string of the molecule is O=C(O)Cc1c(C(F)F)ccnc1F. The van der Waals surface area contributed by atoms with E-state index in [4.69, 9.17) is 5.11 Å². The van der Waals surface area contributed by atoms with Gasteiger partial charge in [0.05, 0.1) is 6.42 Å². The van der Waals surface area contributed by atoms with Gasteiger partial charge in [-0.3, -0.25) is 4.79 Å². The average Bonchev–Trinajstić information content (AvgIpc) is 2.07. The second-order valence-corrected chi connectivity index (χ2v) is 2.54. The van der Waals surface area contributed by atoms with E-state index in [0.717, 1.165) is 12.3 Å². The van der Waals surface area contributed by atoms with Crippen molar-refractivity contribution in [2.75, 3.05) is 0 Å². The summed E-state index contributed by atoms with van der Waals surface area (Å²) in [5.74, 6) is -2.54. The molecule has 1 aromatic rings. The van der Waals surface area contributed by atoms with Gasteiger partial charge in [0, 0.05) is 17.3 Å². The Kier molecular flexibility index (Phi) is 3.06. The number of carbonyl (C=O) groups is 1. The number of hydrogen-bond donors (Lipinski definition) is 1. The Balaban J connectivity index is 3.15. The van der Waals surface area contributed by atoms with Gasteiger partial charge >= 0.3 is 5.97 Å². The van der Waals surface area contributed by atoms with E-state index in [1.807, 2.05) is 0 Å². The first kappa shape index (κ1) is 10.5. The van der Waals surface area contributed by atoms with Gasteiger partial charge < -0.3 is 5.11 Å². The van der Waals surface area contributed by atoms with Gasteiger partial charge in [-0.05, 0) is 6.07 Å². The number of rotatable bonds is 3. The fraction of sp³-hybridized carbons (Fsp3) is 0.250. The molecular formula is C8H6F3NO2. The molecule has 0 aliphatic carbocycles. The van der Waals surface area contributed by atoms with Crippen molar-refractivity contribution in [3.63, 3.8) is 0 Å². The van der Waals surface area contributed by atoms with E-state index in [-0.39, 0.29) is 0 Å². The van der Waals surface area contributed by atoms with Crippen LogP contribution in [0.2, 0.25) is 0 Å². The lowest BCUT2D eigenvalue weighted by Crippen LogP contribution is -2.08. The van der Waals surface area contributed by atoms with Crippen molar-refractivity contribution in [3.05, 3.63) is 29.3 Å². The van der Waals surface area contributed by atoms with Gasteiger partial charge in [0.25, 0.3) is 6.43 Å². The Morgan fingerprint density at radius 1 is 1.57 bits per heavy atom. The minimum Gasteiger partial charge on any atom is -0.481 e. The molecule has 3 nitrogen and oxygen atoms in total. The van der Waals surface area contributed by atoms with Crippen LogP contribution in [0.25, 0.3) is 0 Å². The summed E-state index contributed by atoms with van der Waals surface area (Å²) in [6, 6.07) is 0.909. The van der Waals surface area contributed by atoms with E-state index >= 15 is 0 Å². The Hall–Kier alpha value is -1.59. The standard InChI is InChI=1S/C8H6F3NO2/c9-7(10)4-1-2-12-8(11)5(4)3-6(13)14/h1-2,7H,3H2,(H,13,14). The zero-order chi connectivity index (χ0) is 10.7. The van der Waals surface area contributed by atoms with Crippen LogP contribution in [0.3, 0.4) is 0 Å². The second-order valence-electron chi connectivity index (χ2n) is 2.54. The molecule has 0 bridgehead atoms. The van der Waals surface area contributed by atoms with Crippen LogP contribution in [0, 0.1) is 5.95 Å². The summed E-state index contributed by atoms with van der Waals surface area (Å²) in [7, 11) is 0. The molecule has 0 radical (unpaired) electrons. The van der Waals surface area contributed by atoms with Crippen molar-refractivity contribution in [1.82, 2.24) is 4.98 Å². The highest BCUT2D eigenvalue weighted by Crippen LogP contribution is 2.23. The Morgan fingerprint density at radius 3 is 2.71 bits per heavy atom. The fourth-order valence-corrected chi connectivity index (χ4v) is 1.01. The van der Waals surface area contributed by atoms with E-state index in [1.54, 1.807) is 0 Å². The molecule has 0 aliphatic heterocycles. The third-order valence-electron chi connectivity index (χ3n) is 1.60. The molecule has 0 spiro atoms. The Labute approximate surface area is 77.2 Å². The van der Waals surface area contributed by atoms with Crippen molar-refractivity contribution < 1.29 is 23.1 Å². The number of carboxylic acids is 1. The number of nitrogens with zero attached hydrogens (tertiary/aromatic N) is 1. The van der Waals surface area contributed by atoms with Crippen molar-refractivity contribution >= 4 is 5.97 Å². The molecular weight excluding hydrogens is 199 g/mol. The smallest absolute Gasteiger partial charge is 0.308 e. The van der Waals surface area contributed by atoms with Gasteiger partial charge in [-0.25, -0.2) is 13.8 Å². The van der Waals surface area contributed by atoms with E-state index in [1.165, 1.54) is 0 Å². The van der Waals surface area contributed by atoms with E-state index in [2.05, 4.69) is 4.98 Å². The average molecular weight is 205 g/mol. The van der Waals surface area contributed by atoms with Crippen LogP contribution < -0.4 is 0 Å². The number of carboxylic acid groups (broad SMARTS) is 1. The first-order valence-electron chi connectivity index (χ1n) is 3.65. The minimum absolute atomic E-state index is 0.560. The first-order chi connectivity index (χ1) is 6.52. The summed E-state index contributed by atoms with van der Waals surface area (Å²) in [6.45, 7) is 0. The number of hydrogen-bond acceptors (Lipinski definition) is 2. The van der Waals surface area contributed by atoms with Crippen molar-refractivity contribution in [2.24, 2.45) is 0 Å². The van der Waals surface area contributed by atoms with Crippen molar-refractivity contribution in [3.8, 4) is 0 Å². The van der Waals surface area contributed by atoms with E-state index < -0.39 is 35.9 Å². The highest BCUT2D eigenvalue weighted by molar-refractivity contribution is 5.70. The summed E-state index contributed by atoms with van der Waals surface area (Å²) in [6.07, 6.45) is -2.82. The molecule has 1 rings (SSSR count). The summed E-state index contributed by atoms with van der Waals surface area (Å²) >= 11 is 0. The molecule has 1 N–H and O–H groups in total. The number of pyridine rings is 1. The maximum absolute atomic E-state index is 12.9. The lowest BCUT2D eigenvalue weighted by molar-refractivity contribution is -0.136. The van der Waals surface area contributed by atoms with Crippen LogP contribution >= 0.6 is 0 Å².